The van der Waals surface area contributed by atoms with Crippen molar-refractivity contribution in [1.82, 2.24) is 0 Å². The van der Waals surface area contributed by atoms with Crippen LogP contribution < -0.4 is 4.74 Å². The van der Waals surface area contributed by atoms with Crippen LogP contribution >= 0.6 is 22.6 Å². The van der Waals surface area contributed by atoms with E-state index in [1.54, 1.807) is 0 Å². The van der Waals surface area contributed by atoms with Crippen molar-refractivity contribution < 1.29 is 9.15 Å². The highest BCUT2D eigenvalue weighted by atomic mass is 127. The van der Waals surface area contributed by atoms with Gasteiger partial charge in [0.15, 0.2) is 3.61 Å². The largest absolute Gasteiger partial charge is 0.471 e. The summed E-state index contributed by atoms with van der Waals surface area (Å²) in [5.41, 5.74) is 9.20. The third kappa shape index (κ3) is 3.30. The third-order valence-electron chi connectivity index (χ3n) is 8.65. The summed E-state index contributed by atoms with van der Waals surface area (Å²) in [7, 11) is 0. The number of benzene rings is 6. The van der Waals surface area contributed by atoms with E-state index >= 15 is 0 Å². The summed E-state index contributed by atoms with van der Waals surface area (Å²) in [5.74, 6) is 0.965. The Labute approximate surface area is 250 Å². The molecule has 6 aromatic carbocycles. The monoisotopic (exact) mass is 638 g/mol. The van der Waals surface area contributed by atoms with Gasteiger partial charge in [-0.05, 0) is 67.4 Å². The molecule has 2 nitrogen and oxygen atoms in total. The lowest BCUT2D eigenvalue weighted by Gasteiger charge is -2.29. The first kappa shape index (κ1) is 23.4. The van der Waals surface area contributed by atoms with Gasteiger partial charge in [-0.15, -0.1) is 0 Å². The number of para-hydroxylation sites is 3. The molecule has 0 saturated carbocycles. The van der Waals surface area contributed by atoms with Crippen molar-refractivity contribution in [3.63, 3.8) is 0 Å². The van der Waals surface area contributed by atoms with Crippen molar-refractivity contribution in [2.45, 2.75) is 10.0 Å². The first-order valence-electron chi connectivity index (χ1n) is 13.9. The second-order valence-corrected chi connectivity index (χ2v) is 12.6. The minimum Gasteiger partial charge on any atom is -0.471 e. The number of allylic oxidation sites excluding steroid dienone is 2. The van der Waals surface area contributed by atoms with Gasteiger partial charge in [-0.1, -0.05) is 115 Å². The molecule has 1 aliphatic carbocycles. The van der Waals surface area contributed by atoms with Crippen LogP contribution in [-0.4, -0.2) is 3.61 Å². The van der Waals surface area contributed by atoms with Crippen LogP contribution in [0.3, 0.4) is 0 Å². The quantitative estimate of drug-likeness (QED) is 0.107. The number of rotatable bonds is 2. The van der Waals surface area contributed by atoms with Crippen molar-refractivity contribution in [2.75, 3.05) is 0 Å². The number of ether oxygens (including phenoxy) is 1. The van der Waals surface area contributed by atoms with Crippen LogP contribution in [0.5, 0.6) is 5.75 Å². The Morgan fingerprint density at radius 2 is 1.12 bits per heavy atom. The van der Waals surface area contributed by atoms with E-state index in [1.807, 2.05) is 12.1 Å². The van der Waals surface area contributed by atoms with Gasteiger partial charge in [0.25, 0.3) is 0 Å². The molecule has 2 aliphatic rings. The number of hydrogen-bond acceptors (Lipinski definition) is 2. The van der Waals surface area contributed by atoms with Crippen molar-refractivity contribution in [3.8, 4) is 16.9 Å². The number of hydrogen-bond donors (Lipinski definition) is 0. The summed E-state index contributed by atoms with van der Waals surface area (Å²) in [6.45, 7) is 0. The normalized spacial score (nSPS) is 17.9. The van der Waals surface area contributed by atoms with Gasteiger partial charge >= 0.3 is 0 Å². The average molecular weight is 639 g/mol. The fraction of sp³-hybridized carbons (Fsp3) is 0.0526. The third-order valence-corrected chi connectivity index (χ3v) is 9.83. The van der Waals surface area contributed by atoms with E-state index in [0.29, 0.717) is 0 Å². The zero-order chi connectivity index (χ0) is 27.1. The maximum Gasteiger partial charge on any atom is 0.189 e. The number of furan rings is 1. The van der Waals surface area contributed by atoms with Crippen LogP contribution in [-0.2, 0) is 0 Å². The molecule has 194 valence electrons. The Morgan fingerprint density at radius 1 is 0.537 bits per heavy atom. The smallest absolute Gasteiger partial charge is 0.189 e. The van der Waals surface area contributed by atoms with E-state index in [9.17, 15) is 0 Å². The van der Waals surface area contributed by atoms with E-state index in [1.165, 1.54) is 49.4 Å². The first-order chi connectivity index (χ1) is 20.2. The summed E-state index contributed by atoms with van der Waals surface area (Å²) < 4.78 is 12.7. The highest BCUT2D eigenvalue weighted by molar-refractivity contribution is 14.1. The molecule has 7 aromatic rings. The lowest BCUT2D eigenvalue weighted by Crippen LogP contribution is -2.27. The Kier molecular flexibility index (Phi) is 4.89. The molecule has 1 atom stereocenters. The van der Waals surface area contributed by atoms with Gasteiger partial charge in [0, 0.05) is 39.5 Å². The summed E-state index contributed by atoms with van der Waals surface area (Å²) in [6, 6.07) is 40.9. The molecule has 0 amide bonds. The predicted octanol–water partition coefficient (Wildman–Crippen LogP) is 11.0. The minimum absolute atomic E-state index is 0.424. The summed E-state index contributed by atoms with van der Waals surface area (Å²) in [5, 5.41) is 7.23. The van der Waals surface area contributed by atoms with Crippen LogP contribution in [0, 0.1) is 0 Å². The highest BCUT2D eigenvalue weighted by Crippen LogP contribution is 2.55. The second-order valence-electron chi connectivity index (χ2n) is 10.9. The molecule has 1 aliphatic heterocycles. The molecule has 0 saturated heterocycles. The molecule has 0 spiro atoms. The fourth-order valence-electron chi connectivity index (χ4n) is 6.92. The second kappa shape index (κ2) is 8.58. The molecule has 0 fully saturated rings. The molecule has 0 radical (unpaired) electrons. The van der Waals surface area contributed by atoms with Crippen molar-refractivity contribution in [3.05, 3.63) is 139 Å². The molecule has 0 unspecified atom stereocenters. The zero-order valence-corrected chi connectivity index (χ0v) is 24.2. The maximum absolute atomic E-state index is 6.61. The van der Waals surface area contributed by atoms with Crippen LogP contribution in [0.25, 0.3) is 65.8 Å². The topological polar surface area (TPSA) is 22.4 Å². The molecular weight excluding hydrogens is 615 g/mol. The summed E-state index contributed by atoms with van der Waals surface area (Å²) in [6.07, 6.45) is 5.37. The molecule has 0 N–H and O–H groups in total. The number of alkyl halides is 1. The molecule has 1 aromatic heterocycles. The Morgan fingerprint density at radius 3 is 1.88 bits per heavy atom. The average Bonchev–Trinajstić information content (AvgIpc) is 3.54. The van der Waals surface area contributed by atoms with Gasteiger partial charge in [-0.2, -0.15) is 0 Å². The molecule has 9 rings (SSSR count). The standard InChI is InChI=1S/C38H23IO2/c39-38-22-23(20-21-32(38)30-15-6-8-19-34(30)41-38)35-25-11-1-3-13-27(25)36(28-14-4-2-12-26(28)35)31-17-9-16-29-24-10-5-7-18-33(24)40-37(29)31/h1-21H,22H2/t38-/m1/s1. The van der Waals surface area contributed by atoms with Crippen molar-refractivity contribution in [2.24, 2.45) is 0 Å². The van der Waals surface area contributed by atoms with Crippen molar-refractivity contribution in [1.29, 1.82) is 0 Å². The molecular formula is C38H23IO2. The van der Waals surface area contributed by atoms with E-state index in [-0.39, 0.29) is 0 Å². The van der Waals surface area contributed by atoms with Gasteiger partial charge in [0.1, 0.15) is 16.9 Å². The Hall–Kier alpha value is -4.35. The Bertz CT molecular complexity index is 2230. The number of halogens is 1. The SMILES string of the molecule is I[C@@]12CC(c3c4ccccc4c(-c4cccc5c4oc4ccccc45)c4ccccc34)=CC=C1c1ccccc1O2. The van der Waals surface area contributed by atoms with Gasteiger partial charge in [0.05, 0.1) is 0 Å². The van der Waals surface area contributed by atoms with Crippen LogP contribution in [0.1, 0.15) is 17.5 Å². The predicted molar refractivity (Wildman–Crippen MR) is 179 cm³/mol. The zero-order valence-electron chi connectivity index (χ0n) is 22.0. The highest BCUT2D eigenvalue weighted by Gasteiger charge is 2.44. The molecule has 41 heavy (non-hydrogen) atoms. The lowest BCUT2D eigenvalue weighted by molar-refractivity contribution is 0.265. The maximum atomic E-state index is 6.61. The van der Waals surface area contributed by atoms with E-state index < -0.39 is 3.61 Å². The minimum atomic E-state index is -0.424. The molecule has 3 heteroatoms. The van der Waals surface area contributed by atoms with Gasteiger partial charge in [-0.25, -0.2) is 0 Å². The summed E-state index contributed by atoms with van der Waals surface area (Å²) in [4.78, 5) is 0. The lowest BCUT2D eigenvalue weighted by atomic mass is 9.82. The van der Waals surface area contributed by atoms with Gasteiger partial charge < -0.3 is 9.15 Å². The van der Waals surface area contributed by atoms with Crippen LogP contribution in [0.2, 0.25) is 0 Å². The molecule has 0 bridgehead atoms. The van der Waals surface area contributed by atoms with E-state index in [4.69, 9.17) is 9.15 Å². The van der Waals surface area contributed by atoms with Gasteiger partial charge in [-0.3, -0.25) is 0 Å². The van der Waals surface area contributed by atoms with Gasteiger partial charge in [0.2, 0.25) is 0 Å². The Balaban J connectivity index is 1.34. The molecule has 2 heterocycles. The number of fused-ring (bicyclic) bond motifs is 8. The van der Waals surface area contributed by atoms with E-state index in [0.717, 1.165) is 39.7 Å². The van der Waals surface area contributed by atoms with Crippen LogP contribution in [0.4, 0.5) is 0 Å². The van der Waals surface area contributed by atoms with Crippen LogP contribution in [0.15, 0.2) is 132 Å². The first-order valence-corrected chi connectivity index (χ1v) is 15.0. The van der Waals surface area contributed by atoms with Crippen molar-refractivity contribution >= 4 is 77.2 Å². The van der Waals surface area contributed by atoms with E-state index in [2.05, 4.69) is 138 Å². The summed E-state index contributed by atoms with van der Waals surface area (Å²) >= 11 is 2.52. The fourth-order valence-corrected chi connectivity index (χ4v) is 8.04.